The van der Waals surface area contributed by atoms with Crippen LogP contribution < -0.4 is 0 Å². The molecule has 0 amide bonds. The lowest BCUT2D eigenvalue weighted by Crippen LogP contribution is -2.40. The van der Waals surface area contributed by atoms with Crippen LogP contribution in [0.1, 0.15) is 44.8 Å². The summed E-state index contributed by atoms with van der Waals surface area (Å²) < 4.78 is 58.7. The van der Waals surface area contributed by atoms with Crippen molar-refractivity contribution >= 4 is 23.9 Å². The van der Waals surface area contributed by atoms with Crippen LogP contribution in [0, 0.1) is 5.82 Å². The number of piperidine rings is 1. The Morgan fingerprint density at radius 3 is 2.37 bits per heavy atom. The third-order valence-electron chi connectivity index (χ3n) is 7.10. The molecule has 6 rings (SSSR count). The minimum Gasteiger partial charge on any atom is -0.450 e. The van der Waals surface area contributed by atoms with Gasteiger partial charge in [-0.2, -0.15) is 18.3 Å². The number of esters is 1. The number of benzene rings is 2. The molecule has 2 aliphatic rings. The number of ether oxygens (including phenoxy) is 1. The van der Waals surface area contributed by atoms with Crippen molar-refractivity contribution in [1.29, 1.82) is 0 Å². The van der Waals surface area contributed by atoms with Gasteiger partial charge in [0.05, 0.1) is 22.5 Å². The Morgan fingerprint density at radius 1 is 1.02 bits per heavy atom. The number of carbonyl (C=O) groups excluding carboxylic acids is 2. The maximum atomic E-state index is 13.8. The standard InChI is InChI=1S/C16H9F4N3O.C13H14ClNO2/c17-14-8-12(1-2-13(14)16(18,19)20)23-15(7-11(9-24)22-23)10-3-5-21-6-4-10;1-15-6-4-13(5-7-15)11-3-2-9(14)8-10(11)12(16)17-13/h1-9H;2-3,8H,4-7H2,1H3. The van der Waals surface area contributed by atoms with E-state index in [9.17, 15) is 27.2 Å². The van der Waals surface area contributed by atoms with E-state index in [1.54, 1.807) is 18.2 Å². The van der Waals surface area contributed by atoms with Crippen LogP contribution >= 0.6 is 11.6 Å². The van der Waals surface area contributed by atoms with Crippen LogP contribution in [0.25, 0.3) is 16.9 Å². The number of carbonyl (C=O) groups is 2. The quantitative estimate of drug-likeness (QED) is 0.158. The summed E-state index contributed by atoms with van der Waals surface area (Å²) in [7, 11) is 2.09. The summed E-state index contributed by atoms with van der Waals surface area (Å²) in [6.45, 7) is 1.91. The van der Waals surface area contributed by atoms with Crippen molar-refractivity contribution in [2.75, 3.05) is 20.1 Å². The van der Waals surface area contributed by atoms with Crippen LogP contribution in [0.5, 0.6) is 0 Å². The van der Waals surface area contributed by atoms with Crippen molar-refractivity contribution in [3.8, 4) is 16.9 Å². The molecule has 4 heterocycles. The maximum absolute atomic E-state index is 13.8. The molecule has 0 bridgehead atoms. The fourth-order valence-corrected chi connectivity index (χ4v) is 5.14. The monoisotopic (exact) mass is 586 g/mol. The number of nitrogens with zero attached hydrogens (tertiary/aromatic N) is 4. The molecule has 0 saturated carbocycles. The third kappa shape index (κ3) is 5.73. The molecule has 1 fully saturated rings. The number of hydrogen-bond acceptors (Lipinski definition) is 6. The summed E-state index contributed by atoms with van der Waals surface area (Å²) in [5.74, 6) is -1.64. The first-order chi connectivity index (χ1) is 19.5. The number of pyridine rings is 1. The Morgan fingerprint density at radius 2 is 1.73 bits per heavy atom. The predicted molar refractivity (Wildman–Crippen MR) is 142 cm³/mol. The predicted octanol–water partition coefficient (Wildman–Crippen LogP) is 6.34. The van der Waals surface area contributed by atoms with Gasteiger partial charge in [0.15, 0.2) is 6.29 Å². The summed E-state index contributed by atoms with van der Waals surface area (Å²) in [5.41, 5.74) is 1.09. The molecule has 2 aromatic heterocycles. The second-order valence-electron chi connectivity index (χ2n) is 9.76. The Balaban J connectivity index is 0.000000174. The van der Waals surface area contributed by atoms with Gasteiger partial charge in [-0.15, -0.1) is 0 Å². The Hall–Kier alpha value is -4.09. The summed E-state index contributed by atoms with van der Waals surface area (Å²) in [4.78, 5) is 29.0. The first kappa shape index (κ1) is 28.4. The van der Waals surface area contributed by atoms with Gasteiger partial charge in [-0.3, -0.25) is 9.78 Å². The van der Waals surface area contributed by atoms with Crippen LogP contribution in [0.15, 0.2) is 67.0 Å². The highest BCUT2D eigenvalue weighted by Crippen LogP contribution is 2.44. The normalized spacial score (nSPS) is 16.1. The van der Waals surface area contributed by atoms with E-state index in [-0.39, 0.29) is 17.4 Å². The number of halogens is 5. The van der Waals surface area contributed by atoms with E-state index < -0.39 is 23.2 Å². The van der Waals surface area contributed by atoms with Gasteiger partial charge in [0.1, 0.15) is 17.1 Å². The maximum Gasteiger partial charge on any atom is 0.419 e. The van der Waals surface area contributed by atoms with E-state index in [1.165, 1.54) is 23.1 Å². The molecule has 0 atom stereocenters. The van der Waals surface area contributed by atoms with Crippen molar-refractivity contribution in [2.45, 2.75) is 24.6 Å². The second kappa shape index (κ2) is 11.1. The Bertz CT molecular complexity index is 1600. The molecule has 1 saturated heterocycles. The van der Waals surface area contributed by atoms with Crippen molar-refractivity contribution in [2.24, 2.45) is 0 Å². The van der Waals surface area contributed by atoms with Crippen LogP contribution in [0.4, 0.5) is 17.6 Å². The van der Waals surface area contributed by atoms with E-state index in [1.807, 2.05) is 12.1 Å². The molecular formula is C29H23ClF4N4O3. The van der Waals surface area contributed by atoms with Crippen LogP contribution in [0.2, 0.25) is 5.02 Å². The van der Waals surface area contributed by atoms with Gasteiger partial charge in [0.2, 0.25) is 0 Å². The minimum atomic E-state index is -4.78. The third-order valence-corrected chi connectivity index (χ3v) is 7.34. The molecule has 2 aromatic carbocycles. The number of rotatable bonds is 3. The van der Waals surface area contributed by atoms with Gasteiger partial charge in [-0.05, 0) is 49.5 Å². The zero-order chi connectivity index (χ0) is 29.4. The summed E-state index contributed by atoms with van der Waals surface area (Å²) in [6, 6.07) is 12.7. The first-order valence-electron chi connectivity index (χ1n) is 12.6. The largest absolute Gasteiger partial charge is 0.450 e. The molecule has 12 heteroatoms. The molecule has 212 valence electrons. The molecule has 0 aliphatic carbocycles. The van der Waals surface area contributed by atoms with Gasteiger partial charge in [-0.25, -0.2) is 13.9 Å². The SMILES string of the molecule is CN1CCC2(CC1)OC(=O)c1cc(Cl)ccc12.O=Cc1cc(-c2ccncc2)n(-c2ccc(C(F)(F)F)c(F)c2)n1. The van der Waals surface area contributed by atoms with Crippen molar-refractivity contribution in [3.63, 3.8) is 0 Å². The Kier molecular flexibility index (Phi) is 7.67. The Labute approximate surface area is 237 Å². The number of aromatic nitrogens is 3. The highest BCUT2D eigenvalue weighted by Gasteiger charge is 2.46. The highest BCUT2D eigenvalue weighted by molar-refractivity contribution is 6.31. The first-order valence-corrected chi connectivity index (χ1v) is 12.9. The number of aldehydes is 1. The number of hydrogen-bond donors (Lipinski definition) is 0. The van der Waals surface area contributed by atoms with Gasteiger partial charge in [-0.1, -0.05) is 17.7 Å². The van der Waals surface area contributed by atoms with E-state index in [2.05, 4.69) is 22.0 Å². The van der Waals surface area contributed by atoms with Crippen molar-refractivity contribution in [1.82, 2.24) is 19.7 Å². The molecule has 0 radical (unpaired) electrons. The van der Waals surface area contributed by atoms with E-state index in [4.69, 9.17) is 16.3 Å². The highest BCUT2D eigenvalue weighted by atomic mass is 35.5. The van der Waals surface area contributed by atoms with E-state index >= 15 is 0 Å². The molecule has 4 aromatic rings. The summed E-state index contributed by atoms with van der Waals surface area (Å²) >= 11 is 5.92. The molecule has 0 N–H and O–H groups in total. The van der Waals surface area contributed by atoms with Crippen LogP contribution in [0.3, 0.4) is 0 Å². The van der Waals surface area contributed by atoms with Gasteiger partial charge >= 0.3 is 12.1 Å². The lowest BCUT2D eigenvalue weighted by Gasteiger charge is -2.36. The van der Waals surface area contributed by atoms with Crippen LogP contribution in [-0.4, -0.2) is 52.1 Å². The average Bonchev–Trinajstić information content (AvgIpc) is 3.50. The molecular weight excluding hydrogens is 564 g/mol. The van der Waals surface area contributed by atoms with Gasteiger partial charge in [0.25, 0.3) is 0 Å². The van der Waals surface area contributed by atoms with Crippen molar-refractivity contribution < 1.29 is 31.9 Å². The van der Waals surface area contributed by atoms with E-state index in [0.717, 1.165) is 43.6 Å². The number of alkyl halides is 3. The lowest BCUT2D eigenvalue weighted by molar-refractivity contribution is -0.140. The average molecular weight is 587 g/mol. The molecule has 41 heavy (non-hydrogen) atoms. The van der Waals surface area contributed by atoms with Gasteiger partial charge in [0, 0.05) is 60.5 Å². The molecule has 1 spiro atoms. The van der Waals surface area contributed by atoms with Crippen molar-refractivity contribution in [3.05, 3.63) is 100 Å². The number of likely N-dealkylation sites (tertiary alicyclic amines) is 1. The summed E-state index contributed by atoms with van der Waals surface area (Å²) in [6.07, 6.45) is 0.477. The molecule has 0 unspecified atom stereocenters. The summed E-state index contributed by atoms with van der Waals surface area (Å²) in [5, 5.41) is 4.58. The van der Waals surface area contributed by atoms with Crippen LogP contribution in [-0.2, 0) is 16.5 Å². The smallest absolute Gasteiger partial charge is 0.419 e. The zero-order valence-corrected chi connectivity index (χ0v) is 22.4. The fraction of sp³-hybridized carbons (Fsp3) is 0.241. The number of fused-ring (bicyclic) bond motifs is 2. The molecule has 2 aliphatic heterocycles. The second-order valence-corrected chi connectivity index (χ2v) is 10.2. The molecule has 7 nitrogen and oxygen atoms in total. The zero-order valence-electron chi connectivity index (χ0n) is 21.7. The minimum absolute atomic E-state index is 0.0698. The van der Waals surface area contributed by atoms with E-state index in [0.29, 0.717) is 34.2 Å². The van der Waals surface area contributed by atoms with Gasteiger partial charge < -0.3 is 9.64 Å². The topological polar surface area (TPSA) is 77.3 Å². The lowest BCUT2D eigenvalue weighted by atomic mass is 9.84. The fourth-order valence-electron chi connectivity index (χ4n) is 4.97.